The predicted molar refractivity (Wildman–Crippen MR) is 106 cm³/mol. The summed E-state index contributed by atoms with van der Waals surface area (Å²) in [5.74, 6) is -1.12. The standard InChI is InChI=1S/C16H12F4IN7O/c1-27(2)15-13(17)12(16(18,19)20)11(7-3-23-26-14(7)15)8-5-28-6-9(25-21-29)24-10(28)4-22-8/h3-6H,1-2H3,(H,23,26)(H,25,29). The Labute approximate surface area is 170 Å². The van der Waals surface area contributed by atoms with Gasteiger partial charge in [0.25, 0.3) is 21.5 Å². The van der Waals surface area contributed by atoms with Crippen LogP contribution in [0.5, 0.6) is 0 Å². The molecule has 29 heavy (non-hydrogen) atoms. The lowest BCUT2D eigenvalue weighted by atomic mass is 9.97. The quantitative estimate of drug-likeness (QED) is 0.239. The molecule has 4 aromatic rings. The summed E-state index contributed by atoms with van der Waals surface area (Å²) in [6, 6.07) is 0. The van der Waals surface area contributed by atoms with Crippen LogP contribution >= 0.6 is 21.5 Å². The van der Waals surface area contributed by atoms with Crippen molar-refractivity contribution in [1.82, 2.24) is 24.6 Å². The Balaban J connectivity index is 2.07. The van der Waals surface area contributed by atoms with Gasteiger partial charge in [-0.2, -0.15) is 18.3 Å². The number of aromatic nitrogens is 5. The summed E-state index contributed by atoms with van der Waals surface area (Å²) < 4.78 is 71.7. The fraction of sp³-hybridized carbons (Fsp3) is 0.188. The maximum absolute atomic E-state index is 15.1. The molecular formula is C16H12F4IN7O. The predicted octanol–water partition coefficient (Wildman–Crippen LogP) is 4.14. The molecule has 1 aromatic carbocycles. The SMILES string of the molecule is CN(C)c1c(F)c(C(F)(F)F)c(-c2cn3cc(NI=O)nc3cn2)c2cn[nH]c12. The summed E-state index contributed by atoms with van der Waals surface area (Å²) in [5.41, 5.74) is -1.75. The van der Waals surface area contributed by atoms with Crippen molar-refractivity contribution in [3.05, 3.63) is 36.2 Å². The minimum atomic E-state index is -4.97. The normalized spacial score (nSPS) is 12.1. The first-order valence-corrected chi connectivity index (χ1v) is 9.98. The molecule has 0 saturated carbocycles. The Morgan fingerprint density at radius 2 is 2.00 bits per heavy atom. The van der Waals surface area contributed by atoms with E-state index in [1.165, 1.54) is 48.2 Å². The van der Waals surface area contributed by atoms with Gasteiger partial charge in [0.1, 0.15) is 5.56 Å². The fourth-order valence-corrected chi connectivity index (χ4v) is 3.68. The molecule has 0 amide bonds. The largest absolute Gasteiger partial charge is 0.419 e. The minimum absolute atomic E-state index is 0.0816. The zero-order valence-electron chi connectivity index (χ0n) is 14.8. The monoisotopic (exact) mass is 521 g/mol. The van der Waals surface area contributed by atoms with Crippen molar-refractivity contribution in [2.24, 2.45) is 0 Å². The molecule has 0 radical (unpaired) electrons. The van der Waals surface area contributed by atoms with Gasteiger partial charge in [0.15, 0.2) is 17.3 Å². The third-order valence-corrected chi connectivity index (χ3v) is 5.06. The highest BCUT2D eigenvalue weighted by Crippen LogP contribution is 2.46. The molecule has 3 aromatic heterocycles. The highest BCUT2D eigenvalue weighted by atomic mass is 127. The third kappa shape index (κ3) is 3.18. The first kappa shape index (κ1) is 19.5. The van der Waals surface area contributed by atoms with E-state index in [0.717, 1.165) is 0 Å². The molecule has 0 unspecified atom stereocenters. The lowest BCUT2D eigenvalue weighted by molar-refractivity contribution is -0.139. The van der Waals surface area contributed by atoms with Crippen LogP contribution in [0.1, 0.15) is 5.56 Å². The number of nitrogens with one attached hydrogen (secondary N) is 2. The van der Waals surface area contributed by atoms with E-state index in [-0.39, 0.29) is 22.3 Å². The van der Waals surface area contributed by atoms with Crippen molar-refractivity contribution in [3.63, 3.8) is 0 Å². The van der Waals surface area contributed by atoms with Crippen LogP contribution in [0.25, 0.3) is 27.8 Å². The van der Waals surface area contributed by atoms with Gasteiger partial charge in [0.05, 0.1) is 35.5 Å². The summed E-state index contributed by atoms with van der Waals surface area (Å²) in [4.78, 5) is 9.43. The number of nitrogens with zero attached hydrogens (tertiary/aromatic N) is 5. The zero-order chi connectivity index (χ0) is 20.9. The molecule has 0 saturated heterocycles. The Bertz CT molecular complexity index is 1250. The number of rotatable bonds is 4. The molecule has 0 aliphatic heterocycles. The van der Waals surface area contributed by atoms with E-state index in [4.69, 9.17) is 0 Å². The highest BCUT2D eigenvalue weighted by Gasteiger charge is 2.41. The van der Waals surface area contributed by atoms with E-state index in [1.54, 1.807) is 0 Å². The number of halogens is 5. The zero-order valence-corrected chi connectivity index (χ0v) is 17.0. The molecule has 0 aliphatic carbocycles. The van der Waals surface area contributed by atoms with Gasteiger partial charge < -0.3 is 9.30 Å². The van der Waals surface area contributed by atoms with Crippen molar-refractivity contribution >= 4 is 49.5 Å². The van der Waals surface area contributed by atoms with Crippen molar-refractivity contribution in [3.8, 4) is 11.3 Å². The Kier molecular flexibility index (Phi) is 4.63. The van der Waals surface area contributed by atoms with E-state index in [9.17, 15) is 16.2 Å². The number of alkyl halides is 3. The van der Waals surface area contributed by atoms with E-state index in [0.29, 0.717) is 11.5 Å². The first-order valence-electron chi connectivity index (χ1n) is 8.02. The molecule has 4 rings (SSSR count). The minimum Gasteiger partial charge on any atom is -0.374 e. The Morgan fingerprint density at radius 3 is 2.66 bits per heavy atom. The molecule has 0 aliphatic rings. The first-order chi connectivity index (χ1) is 13.7. The van der Waals surface area contributed by atoms with E-state index >= 15 is 4.39 Å². The molecule has 152 valence electrons. The molecular weight excluding hydrogens is 509 g/mol. The van der Waals surface area contributed by atoms with Crippen LogP contribution in [-0.4, -0.2) is 38.7 Å². The van der Waals surface area contributed by atoms with Crippen molar-refractivity contribution in [2.45, 2.75) is 6.18 Å². The molecule has 3 heterocycles. The second-order valence-electron chi connectivity index (χ2n) is 6.30. The van der Waals surface area contributed by atoms with Crippen LogP contribution in [0.2, 0.25) is 0 Å². The van der Waals surface area contributed by atoms with Crippen LogP contribution in [0.3, 0.4) is 0 Å². The summed E-state index contributed by atoms with van der Waals surface area (Å²) in [6.45, 7) is 0. The molecule has 0 atom stereocenters. The summed E-state index contributed by atoms with van der Waals surface area (Å²) in [7, 11) is 2.89. The average Bonchev–Trinajstić information content (AvgIpc) is 3.24. The number of fused-ring (bicyclic) bond motifs is 2. The lowest BCUT2D eigenvalue weighted by Gasteiger charge is -2.21. The maximum atomic E-state index is 15.1. The van der Waals surface area contributed by atoms with Crippen LogP contribution < -0.4 is 8.43 Å². The van der Waals surface area contributed by atoms with Gasteiger partial charge in [-0.25, -0.2) is 12.4 Å². The van der Waals surface area contributed by atoms with Gasteiger partial charge in [-0.15, -0.1) is 0 Å². The van der Waals surface area contributed by atoms with Gasteiger partial charge in [-0.3, -0.25) is 13.6 Å². The molecule has 8 nitrogen and oxygen atoms in total. The highest BCUT2D eigenvalue weighted by molar-refractivity contribution is 14.1. The van der Waals surface area contributed by atoms with Crippen molar-refractivity contribution in [2.75, 3.05) is 22.5 Å². The van der Waals surface area contributed by atoms with Crippen LogP contribution in [0, 0.1) is 5.82 Å². The van der Waals surface area contributed by atoms with E-state index in [2.05, 4.69) is 23.7 Å². The number of hydrogen-bond acceptors (Lipinski definition) is 5. The summed E-state index contributed by atoms with van der Waals surface area (Å²) in [6.07, 6.45) is 0.264. The van der Waals surface area contributed by atoms with Gasteiger partial charge in [-0.1, -0.05) is 0 Å². The van der Waals surface area contributed by atoms with Crippen LogP contribution in [-0.2, 0) is 9.25 Å². The van der Waals surface area contributed by atoms with Crippen molar-refractivity contribution in [1.29, 1.82) is 0 Å². The molecule has 0 spiro atoms. The van der Waals surface area contributed by atoms with Gasteiger partial charge in [-0.05, 0) is 0 Å². The number of benzene rings is 1. The number of aromatic amines is 1. The smallest absolute Gasteiger partial charge is 0.374 e. The third-order valence-electron chi connectivity index (χ3n) is 4.29. The van der Waals surface area contributed by atoms with Gasteiger partial charge in [0.2, 0.25) is 0 Å². The summed E-state index contributed by atoms with van der Waals surface area (Å²) in [5, 5.41) is 6.46. The van der Waals surface area contributed by atoms with Crippen LogP contribution in [0.15, 0.2) is 24.8 Å². The topological polar surface area (TPSA) is 91.2 Å². The van der Waals surface area contributed by atoms with E-state index in [1.807, 2.05) is 0 Å². The number of imidazole rings is 1. The van der Waals surface area contributed by atoms with Gasteiger partial charge in [0, 0.05) is 31.2 Å². The second-order valence-corrected chi connectivity index (χ2v) is 7.28. The number of hydrogen-bond donors (Lipinski definition) is 2. The Hall–Kier alpha value is -2.84. The fourth-order valence-electron chi connectivity index (χ4n) is 3.19. The van der Waals surface area contributed by atoms with Crippen LogP contribution in [0.4, 0.5) is 29.1 Å². The number of anilines is 2. The second kappa shape index (κ2) is 6.89. The molecule has 0 bridgehead atoms. The molecule has 13 heteroatoms. The van der Waals surface area contributed by atoms with Gasteiger partial charge >= 0.3 is 6.18 Å². The summed E-state index contributed by atoms with van der Waals surface area (Å²) >= 11 is -1.53. The number of H-pyrrole nitrogens is 1. The average molecular weight is 521 g/mol. The molecule has 2 N–H and O–H groups in total. The Morgan fingerprint density at radius 1 is 1.24 bits per heavy atom. The maximum Gasteiger partial charge on any atom is 0.419 e. The van der Waals surface area contributed by atoms with E-state index < -0.39 is 44.6 Å². The van der Waals surface area contributed by atoms with Crippen molar-refractivity contribution < 1.29 is 20.6 Å². The lowest BCUT2D eigenvalue weighted by Crippen LogP contribution is -2.18. The molecule has 0 fully saturated rings.